The average Bonchev–Trinajstić information content (AvgIpc) is 2.47. The van der Waals surface area contributed by atoms with Crippen LogP contribution in [0.3, 0.4) is 0 Å². The first-order valence-electron chi connectivity index (χ1n) is 6.68. The summed E-state index contributed by atoms with van der Waals surface area (Å²) in [5.74, 6) is -1.24. The Labute approximate surface area is 136 Å². The van der Waals surface area contributed by atoms with E-state index in [1.807, 2.05) is 0 Å². The van der Waals surface area contributed by atoms with Crippen LogP contribution in [0.4, 0.5) is 26.3 Å². The molecule has 0 unspecified atom stereocenters. The van der Waals surface area contributed by atoms with Crippen molar-refractivity contribution in [3.05, 3.63) is 69.1 Å². The molecule has 2 aromatic rings. The van der Waals surface area contributed by atoms with E-state index in [2.05, 4.69) is 0 Å². The Morgan fingerprint density at radius 2 is 1.64 bits per heavy atom. The van der Waals surface area contributed by atoms with Gasteiger partial charge >= 0.3 is 12.4 Å². The number of primary amides is 1. The van der Waals surface area contributed by atoms with Gasteiger partial charge < -0.3 is 5.73 Å². The lowest BCUT2D eigenvalue weighted by molar-refractivity contribution is -0.144. The van der Waals surface area contributed by atoms with Crippen molar-refractivity contribution in [2.75, 3.05) is 0 Å². The number of halogens is 6. The van der Waals surface area contributed by atoms with Crippen LogP contribution in [-0.2, 0) is 18.9 Å². The van der Waals surface area contributed by atoms with Crippen LogP contribution < -0.4 is 11.3 Å². The van der Waals surface area contributed by atoms with Crippen LogP contribution >= 0.6 is 0 Å². The minimum absolute atomic E-state index is 0.176. The maximum Gasteiger partial charge on any atom is 0.431 e. The number of hydrogen-bond acceptors (Lipinski definition) is 2. The number of carbonyl (C=O) groups excluding carboxylic acids is 1. The van der Waals surface area contributed by atoms with Gasteiger partial charge in [0, 0.05) is 0 Å². The second-order valence-electron chi connectivity index (χ2n) is 5.08. The highest BCUT2D eigenvalue weighted by Crippen LogP contribution is 2.31. The molecule has 2 N–H and O–H groups in total. The average molecular weight is 364 g/mol. The second-order valence-corrected chi connectivity index (χ2v) is 5.08. The third-order valence-corrected chi connectivity index (χ3v) is 3.33. The number of nitrogens with zero attached hydrogens (tertiary/aromatic N) is 1. The van der Waals surface area contributed by atoms with E-state index in [4.69, 9.17) is 5.73 Å². The highest BCUT2D eigenvalue weighted by Gasteiger charge is 2.35. The number of hydrogen-bond donors (Lipinski definition) is 1. The Balaban J connectivity index is 2.60. The zero-order chi connectivity index (χ0) is 19.0. The molecule has 0 atom stereocenters. The fraction of sp³-hybridized carbons (Fsp3) is 0.200. The molecule has 0 fully saturated rings. The van der Waals surface area contributed by atoms with Gasteiger partial charge in [0.15, 0.2) is 0 Å². The smallest absolute Gasteiger partial charge is 0.365 e. The van der Waals surface area contributed by atoms with Crippen LogP contribution in [0.1, 0.15) is 27.2 Å². The second kappa shape index (κ2) is 6.26. The molecule has 1 heterocycles. The molecule has 0 aliphatic carbocycles. The van der Waals surface area contributed by atoms with Crippen LogP contribution in [-0.4, -0.2) is 10.5 Å². The third kappa shape index (κ3) is 4.01. The summed E-state index contributed by atoms with van der Waals surface area (Å²) in [4.78, 5) is 23.3. The molecule has 1 aromatic carbocycles. The number of benzene rings is 1. The molecule has 134 valence electrons. The monoisotopic (exact) mass is 364 g/mol. The Bertz CT molecular complexity index is 868. The molecule has 1 amide bonds. The number of carbonyl (C=O) groups is 1. The number of aromatic nitrogens is 1. The molecule has 0 spiro atoms. The van der Waals surface area contributed by atoms with Gasteiger partial charge in [-0.25, -0.2) is 0 Å². The van der Waals surface area contributed by atoms with Gasteiger partial charge in [-0.3, -0.25) is 14.2 Å². The topological polar surface area (TPSA) is 65.1 Å². The molecule has 10 heteroatoms. The van der Waals surface area contributed by atoms with E-state index >= 15 is 0 Å². The van der Waals surface area contributed by atoms with Crippen LogP contribution in [0.2, 0.25) is 0 Å². The maximum absolute atomic E-state index is 13.1. The van der Waals surface area contributed by atoms with E-state index in [1.54, 1.807) is 0 Å². The molecule has 0 saturated carbocycles. The summed E-state index contributed by atoms with van der Waals surface area (Å²) in [6.07, 6.45) is -9.64. The summed E-state index contributed by atoms with van der Waals surface area (Å²) in [5, 5.41) is 0. The van der Waals surface area contributed by atoms with Crippen LogP contribution in [0, 0.1) is 0 Å². The lowest BCUT2D eigenvalue weighted by Crippen LogP contribution is -2.34. The zero-order valence-corrected chi connectivity index (χ0v) is 12.3. The Hall–Kier alpha value is -2.78. The lowest BCUT2D eigenvalue weighted by atomic mass is 10.1. The van der Waals surface area contributed by atoms with Crippen molar-refractivity contribution >= 4 is 5.91 Å². The van der Waals surface area contributed by atoms with Crippen LogP contribution in [0.5, 0.6) is 0 Å². The van der Waals surface area contributed by atoms with E-state index in [0.29, 0.717) is 18.2 Å². The van der Waals surface area contributed by atoms with Crippen molar-refractivity contribution in [1.29, 1.82) is 0 Å². The number of rotatable bonds is 3. The highest BCUT2D eigenvalue weighted by molar-refractivity contribution is 5.92. The van der Waals surface area contributed by atoms with Crippen molar-refractivity contribution in [2.45, 2.75) is 18.9 Å². The lowest BCUT2D eigenvalue weighted by Gasteiger charge is -2.17. The first-order valence-corrected chi connectivity index (χ1v) is 6.68. The number of nitrogens with two attached hydrogens (primary N) is 1. The first-order chi connectivity index (χ1) is 11.4. The molecule has 25 heavy (non-hydrogen) atoms. The van der Waals surface area contributed by atoms with Gasteiger partial charge in [-0.1, -0.05) is 12.1 Å². The quantitative estimate of drug-likeness (QED) is 0.851. The van der Waals surface area contributed by atoms with Gasteiger partial charge in [0.25, 0.3) is 11.5 Å². The summed E-state index contributed by atoms with van der Waals surface area (Å²) in [5.41, 5.74) is 0.242. The fourth-order valence-corrected chi connectivity index (χ4v) is 2.20. The molecule has 0 aliphatic heterocycles. The van der Waals surface area contributed by atoms with Crippen LogP contribution in [0.15, 0.2) is 41.2 Å². The van der Waals surface area contributed by atoms with E-state index in [9.17, 15) is 35.9 Å². The summed E-state index contributed by atoms with van der Waals surface area (Å²) < 4.78 is 77.6. The van der Waals surface area contributed by atoms with Crippen molar-refractivity contribution in [2.24, 2.45) is 5.73 Å². The van der Waals surface area contributed by atoms with Gasteiger partial charge in [0.2, 0.25) is 0 Å². The summed E-state index contributed by atoms with van der Waals surface area (Å²) in [6, 6.07) is 4.64. The van der Waals surface area contributed by atoms with E-state index < -0.39 is 47.2 Å². The zero-order valence-electron chi connectivity index (χ0n) is 12.3. The number of amides is 1. The van der Waals surface area contributed by atoms with E-state index in [0.717, 1.165) is 18.2 Å². The Morgan fingerprint density at radius 1 is 1.00 bits per heavy atom. The molecule has 4 nitrogen and oxygen atoms in total. The van der Waals surface area contributed by atoms with E-state index in [-0.39, 0.29) is 10.1 Å². The predicted octanol–water partition coefficient (Wildman–Crippen LogP) is 3.03. The minimum atomic E-state index is -4.95. The summed E-state index contributed by atoms with van der Waals surface area (Å²) >= 11 is 0. The largest absolute Gasteiger partial charge is 0.431 e. The standard InChI is InChI=1S/C15H10F6N2O2/c16-14(17,18)9-3-1-2-8(6-9)7-23-11(15(19,20)21)5-4-10(12(22)24)13(23)25/h1-6H,7H2,(H2,22,24). The molecule has 2 rings (SSSR count). The van der Waals surface area contributed by atoms with Crippen molar-refractivity contribution in [1.82, 2.24) is 4.57 Å². The van der Waals surface area contributed by atoms with Gasteiger partial charge in [0.1, 0.15) is 11.3 Å². The SMILES string of the molecule is NC(=O)c1ccc(C(F)(F)F)n(Cc2cccc(C(F)(F)F)c2)c1=O. The third-order valence-electron chi connectivity index (χ3n) is 3.33. The molecule has 1 aromatic heterocycles. The minimum Gasteiger partial charge on any atom is -0.365 e. The fourth-order valence-electron chi connectivity index (χ4n) is 2.20. The van der Waals surface area contributed by atoms with Crippen molar-refractivity contribution < 1.29 is 31.1 Å². The summed E-state index contributed by atoms with van der Waals surface area (Å²) in [6.45, 7) is -0.807. The normalized spacial score (nSPS) is 12.2. The highest BCUT2D eigenvalue weighted by atomic mass is 19.4. The van der Waals surface area contributed by atoms with E-state index in [1.165, 1.54) is 0 Å². The Morgan fingerprint density at radius 3 is 2.16 bits per heavy atom. The van der Waals surface area contributed by atoms with Gasteiger partial charge in [-0.05, 0) is 29.8 Å². The first kappa shape index (κ1) is 18.6. The molecule has 0 radical (unpaired) electrons. The molecule has 0 aliphatic rings. The van der Waals surface area contributed by atoms with Gasteiger partial charge in [0.05, 0.1) is 12.1 Å². The molecule has 0 bridgehead atoms. The Kier molecular flexibility index (Phi) is 4.65. The van der Waals surface area contributed by atoms with Gasteiger partial charge in [-0.15, -0.1) is 0 Å². The number of pyridine rings is 1. The predicted molar refractivity (Wildman–Crippen MR) is 74.8 cm³/mol. The molecular weight excluding hydrogens is 354 g/mol. The maximum atomic E-state index is 13.1. The number of alkyl halides is 6. The van der Waals surface area contributed by atoms with Crippen molar-refractivity contribution in [3.63, 3.8) is 0 Å². The van der Waals surface area contributed by atoms with Crippen LogP contribution in [0.25, 0.3) is 0 Å². The van der Waals surface area contributed by atoms with Gasteiger partial charge in [-0.2, -0.15) is 26.3 Å². The molecule has 0 saturated heterocycles. The summed E-state index contributed by atoms with van der Waals surface area (Å²) in [7, 11) is 0. The molecular formula is C15H10F6N2O2. The van der Waals surface area contributed by atoms with Crippen molar-refractivity contribution in [3.8, 4) is 0 Å².